The van der Waals surface area contributed by atoms with Crippen molar-refractivity contribution in [1.82, 2.24) is 10.2 Å². The van der Waals surface area contributed by atoms with Gasteiger partial charge in [-0.25, -0.2) is 0 Å². The van der Waals surface area contributed by atoms with Crippen molar-refractivity contribution >= 4 is 46.3 Å². The summed E-state index contributed by atoms with van der Waals surface area (Å²) in [4.78, 5) is 13.3. The predicted molar refractivity (Wildman–Crippen MR) is 87.4 cm³/mol. The summed E-state index contributed by atoms with van der Waals surface area (Å²) in [5.74, 6) is -0.265. The largest absolute Gasteiger partial charge is 0.319 e. The lowest BCUT2D eigenvalue weighted by Crippen LogP contribution is -2.12. The first-order chi connectivity index (χ1) is 10.2. The number of benzene rings is 1. The Hall–Kier alpha value is -1.11. The Morgan fingerprint density at radius 1 is 1.29 bits per heavy atom. The summed E-state index contributed by atoms with van der Waals surface area (Å²) in [5, 5.41) is 11.2. The van der Waals surface area contributed by atoms with Gasteiger partial charge in [0.25, 0.3) is 5.91 Å². The van der Waals surface area contributed by atoms with Gasteiger partial charge in [0.1, 0.15) is 0 Å². The van der Waals surface area contributed by atoms with Crippen LogP contribution < -0.4 is 5.32 Å². The Labute approximate surface area is 136 Å². The van der Waals surface area contributed by atoms with E-state index in [1.807, 2.05) is 36.0 Å². The Morgan fingerprint density at radius 2 is 2.05 bits per heavy atom. The minimum Gasteiger partial charge on any atom is -0.319 e. The van der Waals surface area contributed by atoms with Gasteiger partial charge in [-0.1, -0.05) is 36.3 Å². The minimum absolute atomic E-state index is 0.265. The van der Waals surface area contributed by atoms with E-state index in [1.165, 1.54) is 25.7 Å². The number of nitrogens with zero attached hydrogens (tertiary/aromatic N) is 2. The van der Waals surface area contributed by atoms with E-state index < -0.39 is 0 Å². The first kappa shape index (κ1) is 14.8. The van der Waals surface area contributed by atoms with Crippen molar-refractivity contribution < 1.29 is 4.79 Å². The smallest absolute Gasteiger partial charge is 0.286 e. The average Bonchev–Trinajstić information content (AvgIpc) is 3.12. The van der Waals surface area contributed by atoms with Crippen molar-refractivity contribution in [3.05, 3.63) is 33.7 Å². The van der Waals surface area contributed by atoms with Crippen LogP contribution in [0.15, 0.2) is 29.2 Å². The van der Waals surface area contributed by atoms with Crippen LogP contribution in [0.2, 0.25) is 4.47 Å². The number of aromatic nitrogens is 2. The molecule has 1 aliphatic rings. The van der Waals surface area contributed by atoms with E-state index in [4.69, 9.17) is 11.6 Å². The lowest BCUT2D eigenvalue weighted by Gasteiger charge is -2.13. The predicted octanol–water partition coefficient (Wildman–Crippen LogP) is 4.48. The zero-order valence-corrected chi connectivity index (χ0v) is 13.6. The number of hydrogen-bond acceptors (Lipinski definition) is 5. The SMILES string of the molecule is O=C(Nc1ccccc1SC1CCCC1)c1nnc(Cl)s1. The molecular weight excluding hydrogens is 326 g/mol. The molecule has 1 saturated carbocycles. The van der Waals surface area contributed by atoms with Gasteiger partial charge in [0, 0.05) is 10.1 Å². The summed E-state index contributed by atoms with van der Waals surface area (Å²) in [6.45, 7) is 0. The van der Waals surface area contributed by atoms with Gasteiger partial charge in [-0.2, -0.15) is 0 Å². The molecule has 4 nitrogen and oxygen atoms in total. The zero-order valence-electron chi connectivity index (χ0n) is 11.2. The van der Waals surface area contributed by atoms with Crippen molar-refractivity contribution in [3.8, 4) is 0 Å². The van der Waals surface area contributed by atoms with E-state index in [-0.39, 0.29) is 15.4 Å². The van der Waals surface area contributed by atoms with Crippen LogP contribution in [0.3, 0.4) is 0 Å². The van der Waals surface area contributed by atoms with Crippen molar-refractivity contribution in [3.63, 3.8) is 0 Å². The summed E-state index contributed by atoms with van der Waals surface area (Å²) in [6, 6.07) is 7.87. The number of thioether (sulfide) groups is 1. The zero-order chi connectivity index (χ0) is 14.7. The second kappa shape index (κ2) is 6.77. The number of nitrogens with one attached hydrogen (secondary N) is 1. The maximum absolute atomic E-state index is 12.1. The number of anilines is 1. The second-order valence-corrected chi connectivity index (χ2v) is 7.74. The first-order valence-corrected chi connectivity index (χ1v) is 8.86. The number of para-hydroxylation sites is 1. The average molecular weight is 340 g/mol. The number of rotatable bonds is 4. The van der Waals surface area contributed by atoms with Gasteiger partial charge in [-0.15, -0.1) is 22.0 Å². The first-order valence-electron chi connectivity index (χ1n) is 6.78. The van der Waals surface area contributed by atoms with Crippen LogP contribution in [0, 0.1) is 0 Å². The van der Waals surface area contributed by atoms with E-state index in [0.717, 1.165) is 21.9 Å². The highest BCUT2D eigenvalue weighted by Crippen LogP contribution is 2.38. The van der Waals surface area contributed by atoms with Gasteiger partial charge in [-0.3, -0.25) is 4.79 Å². The molecule has 21 heavy (non-hydrogen) atoms. The molecule has 3 rings (SSSR count). The molecule has 1 amide bonds. The normalized spacial score (nSPS) is 15.3. The maximum atomic E-state index is 12.1. The van der Waals surface area contributed by atoms with Crippen LogP contribution in [0.4, 0.5) is 5.69 Å². The number of hydrogen-bond donors (Lipinski definition) is 1. The molecule has 1 aliphatic carbocycles. The third-order valence-corrected chi connectivity index (χ3v) is 5.76. The number of halogens is 1. The van der Waals surface area contributed by atoms with E-state index in [1.54, 1.807) is 0 Å². The molecule has 0 saturated heterocycles. The molecule has 0 aliphatic heterocycles. The minimum atomic E-state index is -0.265. The molecule has 1 N–H and O–H groups in total. The van der Waals surface area contributed by atoms with Gasteiger partial charge in [-0.05, 0) is 36.6 Å². The quantitative estimate of drug-likeness (QED) is 0.892. The summed E-state index contributed by atoms with van der Waals surface area (Å²) < 4.78 is 0.272. The highest BCUT2D eigenvalue weighted by Gasteiger charge is 2.19. The monoisotopic (exact) mass is 339 g/mol. The summed E-state index contributed by atoms with van der Waals surface area (Å²) in [7, 11) is 0. The molecular formula is C14H14ClN3OS2. The van der Waals surface area contributed by atoms with Crippen LogP contribution in [0.25, 0.3) is 0 Å². The van der Waals surface area contributed by atoms with Crippen LogP contribution >= 0.6 is 34.7 Å². The lowest BCUT2D eigenvalue weighted by molar-refractivity contribution is 0.102. The molecule has 110 valence electrons. The molecule has 1 heterocycles. The van der Waals surface area contributed by atoms with Gasteiger partial charge >= 0.3 is 0 Å². The van der Waals surface area contributed by atoms with E-state index in [2.05, 4.69) is 15.5 Å². The van der Waals surface area contributed by atoms with E-state index in [0.29, 0.717) is 5.25 Å². The summed E-state index contributed by atoms with van der Waals surface area (Å²) in [6.07, 6.45) is 5.10. The lowest BCUT2D eigenvalue weighted by atomic mass is 10.3. The van der Waals surface area contributed by atoms with Crippen molar-refractivity contribution in [2.45, 2.75) is 35.8 Å². The Morgan fingerprint density at radius 3 is 2.76 bits per heavy atom. The van der Waals surface area contributed by atoms with E-state index >= 15 is 0 Å². The molecule has 0 spiro atoms. The van der Waals surface area contributed by atoms with Crippen LogP contribution in [0.5, 0.6) is 0 Å². The van der Waals surface area contributed by atoms with Crippen LogP contribution in [-0.2, 0) is 0 Å². The molecule has 0 radical (unpaired) electrons. The fourth-order valence-corrected chi connectivity index (χ4v) is 4.39. The third kappa shape index (κ3) is 3.75. The molecule has 1 fully saturated rings. The van der Waals surface area contributed by atoms with Gasteiger partial charge in [0.15, 0.2) is 0 Å². The topological polar surface area (TPSA) is 54.9 Å². The summed E-state index contributed by atoms with van der Waals surface area (Å²) >= 11 is 8.64. The maximum Gasteiger partial charge on any atom is 0.286 e. The standard InChI is InChI=1S/C14H14ClN3OS2/c15-14-18-17-13(21-14)12(19)16-10-7-3-4-8-11(10)20-9-5-1-2-6-9/h3-4,7-9H,1-2,5-6H2,(H,16,19). The van der Waals surface area contributed by atoms with Gasteiger partial charge in [0.2, 0.25) is 9.47 Å². The van der Waals surface area contributed by atoms with Gasteiger partial charge < -0.3 is 5.32 Å². The highest BCUT2D eigenvalue weighted by atomic mass is 35.5. The van der Waals surface area contributed by atoms with E-state index in [9.17, 15) is 4.79 Å². The number of amides is 1. The molecule has 0 atom stereocenters. The van der Waals surface area contributed by atoms with Crippen molar-refractivity contribution in [2.75, 3.05) is 5.32 Å². The molecule has 1 aromatic heterocycles. The molecule has 0 unspecified atom stereocenters. The summed E-state index contributed by atoms with van der Waals surface area (Å²) in [5.41, 5.74) is 0.825. The second-order valence-electron chi connectivity index (χ2n) is 4.83. The Balaban J connectivity index is 1.73. The third-order valence-electron chi connectivity index (χ3n) is 3.33. The fraction of sp³-hybridized carbons (Fsp3) is 0.357. The molecule has 2 aromatic rings. The van der Waals surface area contributed by atoms with Crippen LogP contribution in [-0.4, -0.2) is 21.4 Å². The van der Waals surface area contributed by atoms with Crippen molar-refractivity contribution in [2.24, 2.45) is 0 Å². The Kier molecular flexibility index (Phi) is 4.77. The number of carbonyl (C=O) groups excluding carboxylic acids is 1. The molecule has 1 aromatic carbocycles. The Bertz CT molecular complexity index is 641. The highest BCUT2D eigenvalue weighted by molar-refractivity contribution is 8.00. The van der Waals surface area contributed by atoms with Gasteiger partial charge in [0.05, 0.1) is 5.69 Å². The fourth-order valence-electron chi connectivity index (χ4n) is 2.33. The number of carbonyl (C=O) groups is 1. The molecule has 7 heteroatoms. The van der Waals surface area contributed by atoms with Crippen LogP contribution in [0.1, 0.15) is 35.5 Å². The molecule has 0 bridgehead atoms. The van der Waals surface area contributed by atoms with Crippen molar-refractivity contribution in [1.29, 1.82) is 0 Å².